The fourth-order valence-corrected chi connectivity index (χ4v) is 3.30. The average molecular weight is 269 g/mol. The molecule has 1 N–H and O–H groups in total. The number of carbonyl (C=O) groups excluding carboxylic acids is 1. The van der Waals surface area contributed by atoms with Crippen LogP contribution in [-0.2, 0) is 4.79 Å². The number of nitrogens with one attached hydrogen (secondary N) is 1. The summed E-state index contributed by atoms with van der Waals surface area (Å²) in [4.78, 5) is 19.2. The second kappa shape index (κ2) is 4.13. The molecule has 3 aromatic rings. The Kier molecular flexibility index (Phi) is 2.39. The van der Waals surface area contributed by atoms with Crippen LogP contribution in [0.2, 0.25) is 0 Å². The number of H-pyrrole nitrogens is 1. The van der Waals surface area contributed by atoms with E-state index in [0.717, 1.165) is 29.1 Å². The smallest absolute Gasteiger partial charge is 0.179 e. The van der Waals surface area contributed by atoms with Crippen molar-refractivity contribution in [3.05, 3.63) is 24.3 Å². The summed E-state index contributed by atoms with van der Waals surface area (Å²) in [5.41, 5.74) is 2.52. The van der Waals surface area contributed by atoms with Gasteiger partial charge in [-0.25, -0.2) is 4.98 Å². The van der Waals surface area contributed by atoms with E-state index in [-0.39, 0.29) is 5.92 Å². The van der Waals surface area contributed by atoms with Gasteiger partial charge in [0, 0.05) is 25.0 Å². The highest BCUT2D eigenvalue weighted by Gasteiger charge is 2.36. The summed E-state index contributed by atoms with van der Waals surface area (Å²) < 4.78 is 2.03. The van der Waals surface area contributed by atoms with Gasteiger partial charge in [-0.05, 0) is 12.0 Å². The fourth-order valence-electron chi connectivity index (χ4n) is 3.30. The maximum Gasteiger partial charge on any atom is 0.179 e. The summed E-state index contributed by atoms with van der Waals surface area (Å²) in [5, 5.41) is 8.56. The molecule has 6 nitrogen and oxygen atoms in total. The standard InChI is InChI=1S/C14H15N5O/c1-2-8-5-9(20)6-10(8)14-18-17-12-7-16-13-11(19(12)14)3-4-15-13/h3-4,7-8,10,15H,2,5-6H2,1H3. The van der Waals surface area contributed by atoms with Crippen LogP contribution in [0.15, 0.2) is 18.5 Å². The van der Waals surface area contributed by atoms with E-state index in [0.29, 0.717) is 24.5 Å². The Morgan fingerprint density at radius 3 is 3.15 bits per heavy atom. The lowest BCUT2D eigenvalue weighted by atomic mass is 9.93. The van der Waals surface area contributed by atoms with Crippen LogP contribution in [0.3, 0.4) is 0 Å². The summed E-state index contributed by atoms with van der Waals surface area (Å²) in [6.45, 7) is 2.13. The van der Waals surface area contributed by atoms with Gasteiger partial charge < -0.3 is 4.98 Å². The molecule has 3 aromatic heterocycles. The molecule has 1 aliphatic carbocycles. The Morgan fingerprint density at radius 1 is 1.40 bits per heavy atom. The number of hydrogen-bond donors (Lipinski definition) is 1. The molecule has 1 saturated carbocycles. The number of Topliss-reactive ketones (excluding diaryl/α,β-unsaturated/α-hetero) is 1. The zero-order valence-electron chi connectivity index (χ0n) is 11.2. The molecule has 102 valence electrons. The minimum Gasteiger partial charge on any atom is -0.345 e. The van der Waals surface area contributed by atoms with E-state index in [1.54, 1.807) is 6.20 Å². The average Bonchev–Trinajstić information content (AvgIpc) is 3.13. The summed E-state index contributed by atoms with van der Waals surface area (Å²) in [6, 6.07) is 1.97. The zero-order valence-corrected chi connectivity index (χ0v) is 11.2. The molecule has 20 heavy (non-hydrogen) atoms. The van der Waals surface area contributed by atoms with Crippen LogP contribution in [0, 0.1) is 5.92 Å². The van der Waals surface area contributed by atoms with Gasteiger partial charge in [-0.15, -0.1) is 10.2 Å². The van der Waals surface area contributed by atoms with Crippen LogP contribution >= 0.6 is 0 Å². The zero-order chi connectivity index (χ0) is 13.7. The molecule has 1 fully saturated rings. The Balaban J connectivity index is 1.95. The van der Waals surface area contributed by atoms with E-state index in [1.165, 1.54) is 0 Å². The number of aromatic nitrogens is 5. The SMILES string of the molecule is CCC1CC(=O)CC1c1nnc2cnc3[nH]ccc3n12. The number of carbonyl (C=O) groups is 1. The molecule has 6 heteroatoms. The predicted octanol–water partition coefficient (Wildman–Crippen LogP) is 2.08. The molecule has 0 spiro atoms. The minimum atomic E-state index is 0.169. The first-order chi connectivity index (χ1) is 9.78. The Hall–Kier alpha value is -2.24. The Bertz CT molecular complexity index is 802. The summed E-state index contributed by atoms with van der Waals surface area (Å²) in [6.07, 6.45) is 5.81. The van der Waals surface area contributed by atoms with E-state index in [9.17, 15) is 4.79 Å². The summed E-state index contributed by atoms with van der Waals surface area (Å²) in [5.74, 6) is 1.77. The number of aromatic amines is 1. The van der Waals surface area contributed by atoms with Crippen LogP contribution in [-0.4, -0.2) is 30.3 Å². The normalized spacial score (nSPS) is 23.1. The van der Waals surface area contributed by atoms with E-state index >= 15 is 0 Å². The molecular weight excluding hydrogens is 254 g/mol. The molecule has 1 aliphatic rings. The third kappa shape index (κ3) is 1.51. The molecule has 0 saturated heterocycles. The van der Waals surface area contributed by atoms with Gasteiger partial charge in [-0.3, -0.25) is 9.20 Å². The van der Waals surface area contributed by atoms with E-state index in [4.69, 9.17) is 0 Å². The fraction of sp³-hybridized carbons (Fsp3) is 0.429. The minimum absolute atomic E-state index is 0.169. The van der Waals surface area contributed by atoms with E-state index in [1.807, 2.05) is 16.7 Å². The maximum atomic E-state index is 11.8. The molecule has 0 aromatic carbocycles. The predicted molar refractivity (Wildman–Crippen MR) is 73.4 cm³/mol. The van der Waals surface area contributed by atoms with Crippen LogP contribution in [0.25, 0.3) is 16.8 Å². The molecule has 0 radical (unpaired) electrons. The van der Waals surface area contributed by atoms with Crippen molar-refractivity contribution in [2.24, 2.45) is 5.92 Å². The van der Waals surface area contributed by atoms with Crippen molar-refractivity contribution in [2.45, 2.75) is 32.1 Å². The van der Waals surface area contributed by atoms with Crippen LogP contribution in [0.4, 0.5) is 0 Å². The highest BCUT2D eigenvalue weighted by molar-refractivity contribution is 5.82. The van der Waals surface area contributed by atoms with Crippen molar-refractivity contribution in [3.8, 4) is 0 Å². The Labute approximate surface area is 115 Å². The van der Waals surface area contributed by atoms with Crippen molar-refractivity contribution < 1.29 is 4.79 Å². The molecule has 3 heterocycles. The van der Waals surface area contributed by atoms with Crippen molar-refractivity contribution in [1.29, 1.82) is 0 Å². The molecule has 2 atom stereocenters. The second-order valence-electron chi connectivity index (χ2n) is 5.44. The van der Waals surface area contributed by atoms with Gasteiger partial charge in [0.15, 0.2) is 11.3 Å². The van der Waals surface area contributed by atoms with Gasteiger partial charge in [-0.1, -0.05) is 13.3 Å². The van der Waals surface area contributed by atoms with Crippen molar-refractivity contribution in [2.75, 3.05) is 0 Å². The van der Waals surface area contributed by atoms with Crippen molar-refractivity contribution in [1.82, 2.24) is 24.6 Å². The second-order valence-corrected chi connectivity index (χ2v) is 5.44. The van der Waals surface area contributed by atoms with E-state index < -0.39 is 0 Å². The highest BCUT2D eigenvalue weighted by atomic mass is 16.1. The lowest BCUT2D eigenvalue weighted by molar-refractivity contribution is -0.117. The summed E-state index contributed by atoms with van der Waals surface area (Å²) in [7, 11) is 0. The number of ketones is 1. The molecule has 2 unspecified atom stereocenters. The highest BCUT2D eigenvalue weighted by Crippen LogP contribution is 2.39. The quantitative estimate of drug-likeness (QED) is 0.772. The van der Waals surface area contributed by atoms with Gasteiger partial charge in [0.05, 0.1) is 11.7 Å². The largest absolute Gasteiger partial charge is 0.345 e. The molecular formula is C14H15N5O. The third-order valence-electron chi connectivity index (χ3n) is 4.33. The molecule has 4 rings (SSSR count). The maximum absolute atomic E-state index is 11.8. The molecule has 0 bridgehead atoms. The summed E-state index contributed by atoms with van der Waals surface area (Å²) >= 11 is 0. The number of fused-ring (bicyclic) bond motifs is 3. The third-order valence-corrected chi connectivity index (χ3v) is 4.33. The van der Waals surface area contributed by atoms with Crippen LogP contribution < -0.4 is 0 Å². The molecule has 0 aliphatic heterocycles. The van der Waals surface area contributed by atoms with Gasteiger partial charge in [-0.2, -0.15) is 0 Å². The van der Waals surface area contributed by atoms with Crippen molar-refractivity contribution >= 4 is 22.6 Å². The first-order valence-corrected chi connectivity index (χ1v) is 6.96. The lowest BCUT2D eigenvalue weighted by Crippen LogP contribution is -2.09. The lowest BCUT2D eigenvalue weighted by Gasteiger charge is -2.15. The Morgan fingerprint density at radius 2 is 2.30 bits per heavy atom. The van der Waals surface area contributed by atoms with Gasteiger partial charge in [0.1, 0.15) is 11.6 Å². The van der Waals surface area contributed by atoms with Gasteiger partial charge in [0.2, 0.25) is 0 Å². The van der Waals surface area contributed by atoms with E-state index in [2.05, 4.69) is 27.1 Å². The van der Waals surface area contributed by atoms with Crippen molar-refractivity contribution in [3.63, 3.8) is 0 Å². The number of nitrogens with zero attached hydrogens (tertiary/aromatic N) is 4. The topological polar surface area (TPSA) is 75.9 Å². The number of hydrogen-bond acceptors (Lipinski definition) is 4. The van der Waals surface area contributed by atoms with Crippen LogP contribution in [0.1, 0.15) is 37.9 Å². The monoisotopic (exact) mass is 269 g/mol. The first-order valence-electron chi connectivity index (χ1n) is 6.96. The number of rotatable bonds is 2. The molecule has 0 amide bonds. The van der Waals surface area contributed by atoms with Gasteiger partial charge >= 0.3 is 0 Å². The van der Waals surface area contributed by atoms with Crippen LogP contribution in [0.5, 0.6) is 0 Å². The first kappa shape index (κ1) is 11.6. The van der Waals surface area contributed by atoms with Gasteiger partial charge in [0.25, 0.3) is 0 Å².